The van der Waals surface area contributed by atoms with Crippen LogP contribution in [0.15, 0.2) is 29.0 Å². The molecule has 5 heteroatoms. The lowest BCUT2D eigenvalue weighted by molar-refractivity contribution is 0.435. The summed E-state index contributed by atoms with van der Waals surface area (Å²) in [5, 5.41) is 14.5. The lowest BCUT2D eigenvalue weighted by Crippen LogP contribution is -2.38. The van der Waals surface area contributed by atoms with Crippen molar-refractivity contribution in [3.05, 3.63) is 30.2 Å². The number of anilines is 1. The van der Waals surface area contributed by atoms with Crippen LogP contribution in [0.3, 0.4) is 0 Å². The van der Waals surface area contributed by atoms with Crippen LogP contribution in [0, 0.1) is 6.92 Å². The molecule has 0 aliphatic heterocycles. The molecule has 0 saturated carbocycles. The van der Waals surface area contributed by atoms with E-state index in [2.05, 4.69) is 54.6 Å². The van der Waals surface area contributed by atoms with E-state index in [4.69, 9.17) is 4.42 Å². The van der Waals surface area contributed by atoms with Gasteiger partial charge < -0.3 is 15.1 Å². The monoisotopic (exact) mass is 274 g/mol. The third kappa shape index (κ3) is 4.06. The van der Waals surface area contributed by atoms with Crippen molar-refractivity contribution in [2.24, 2.45) is 0 Å². The van der Waals surface area contributed by atoms with Crippen LogP contribution >= 0.6 is 0 Å². The fraction of sp³-hybridized carbons (Fsp3) is 0.467. The van der Waals surface area contributed by atoms with Crippen molar-refractivity contribution in [1.82, 2.24) is 15.5 Å². The lowest BCUT2D eigenvalue weighted by Gasteiger charge is -2.21. The van der Waals surface area contributed by atoms with Crippen molar-refractivity contribution in [1.29, 1.82) is 0 Å². The molecule has 2 N–H and O–H groups in total. The Morgan fingerprint density at radius 1 is 1.20 bits per heavy atom. The summed E-state index contributed by atoms with van der Waals surface area (Å²) < 4.78 is 5.22. The van der Waals surface area contributed by atoms with Gasteiger partial charge in [-0.2, -0.15) is 0 Å². The van der Waals surface area contributed by atoms with Crippen molar-refractivity contribution >= 4 is 5.69 Å². The Hall–Kier alpha value is -1.88. The van der Waals surface area contributed by atoms with Crippen LogP contribution in [0.2, 0.25) is 0 Å². The van der Waals surface area contributed by atoms with Gasteiger partial charge in [0.25, 0.3) is 0 Å². The molecule has 20 heavy (non-hydrogen) atoms. The highest BCUT2D eigenvalue weighted by atomic mass is 16.4. The third-order valence-electron chi connectivity index (χ3n) is 2.94. The second-order valence-corrected chi connectivity index (χ2v) is 5.88. The molecule has 0 saturated heterocycles. The van der Waals surface area contributed by atoms with E-state index in [0.717, 1.165) is 24.3 Å². The van der Waals surface area contributed by atoms with E-state index in [0.29, 0.717) is 5.89 Å². The largest absolute Gasteiger partial charge is 0.423 e. The number of nitrogens with one attached hydrogen (secondary N) is 2. The minimum atomic E-state index is 0.141. The van der Waals surface area contributed by atoms with Gasteiger partial charge in [-0.1, -0.05) is 6.07 Å². The second kappa shape index (κ2) is 6.05. The van der Waals surface area contributed by atoms with Crippen LogP contribution in [0.25, 0.3) is 11.5 Å². The number of rotatable bonds is 5. The Kier molecular flexibility index (Phi) is 4.39. The summed E-state index contributed by atoms with van der Waals surface area (Å²) in [5.74, 6) is 0.542. The quantitative estimate of drug-likeness (QED) is 0.821. The topological polar surface area (TPSA) is 63.0 Å². The van der Waals surface area contributed by atoms with Crippen LogP contribution < -0.4 is 10.6 Å². The van der Waals surface area contributed by atoms with E-state index in [1.54, 1.807) is 0 Å². The molecular weight excluding hydrogens is 252 g/mol. The molecule has 2 aromatic rings. The number of aromatic nitrogens is 2. The van der Waals surface area contributed by atoms with Crippen LogP contribution in [-0.4, -0.2) is 28.8 Å². The minimum Gasteiger partial charge on any atom is -0.423 e. The zero-order valence-corrected chi connectivity index (χ0v) is 12.5. The summed E-state index contributed by atoms with van der Waals surface area (Å²) >= 11 is 0. The van der Waals surface area contributed by atoms with Crippen molar-refractivity contribution in [2.75, 3.05) is 18.4 Å². The minimum absolute atomic E-state index is 0.141. The van der Waals surface area contributed by atoms with Crippen molar-refractivity contribution in [3.63, 3.8) is 0 Å². The molecule has 108 valence electrons. The Bertz CT molecular complexity index is 543. The normalized spacial score (nSPS) is 11.6. The molecule has 0 aliphatic carbocycles. The average Bonchev–Trinajstić information content (AvgIpc) is 2.89. The van der Waals surface area contributed by atoms with Gasteiger partial charge in [0.2, 0.25) is 12.3 Å². The smallest absolute Gasteiger partial charge is 0.247 e. The average molecular weight is 274 g/mol. The van der Waals surface area contributed by atoms with Gasteiger partial charge in [0.05, 0.1) is 0 Å². The van der Waals surface area contributed by atoms with Gasteiger partial charge in [0, 0.05) is 29.9 Å². The summed E-state index contributed by atoms with van der Waals surface area (Å²) in [5.41, 5.74) is 3.36. The first-order chi connectivity index (χ1) is 9.46. The molecule has 0 amide bonds. The molecule has 1 heterocycles. The van der Waals surface area contributed by atoms with E-state index < -0.39 is 0 Å². The number of hydrogen-bond donors (Lipinski definition) is 2. The highest BCUT2D eigenvalue weighted by Crippen LogP contribution is 2.23. The van der Waals surface area contributed by atoms with E-state index >= 15 is 0 Å². The van der Waals surface area contributed by atoms with Gasteiger partial charge in [-0.05, 0) is 45.4 Å². The maximum Gasteiger partial charge on any atom is 0.247 e. The Balaban J connectivity index is 1.99. The van der Waals surface area contributed by atoms with Crippen molar-refractivity contribution in [3.8, 4) is 11.5 Å². The third-order valence-corrected chi connectivity index (χ3v) is 2.94. The molecule has 0 fully saturated rings. The highest BCUT2D eigenvalue weighted by molar-refractivity contribution is 5.64. The predicted molar refractivity (Wildman–Crippen MR) is 80.7 cm³/mol. The van der Waals surface area contributed by atoms with Crippen molar-refractivity contribution in [2.45, 2.75) is 33.2 Å². The Labute approximate surface area is 119 Å². The molecule has 0 radical (unpaired) electrons. The zero-order valence-electron chi connectivity index (χ0n) is 12.5. The molecule has 0 bridgehead atoms. The van der Waals surface area contributed by atoms with E-state index in [9.17, 15) is 0 Å². The molecule has 0 unspecified atom stereocenters. The number of benzene rings is 1. The highest BCUT2D eigenvalue weighted by Gasteiger charge is 2.08. The first-order valence-electron chi connectivity index (χ1n) is 6.82. The summed E-state index contributed by atoms with van der Waals surface area (Å²) in [7, 11) is 0. The Morgan fingerprint density at radius 2 is 2.00 bits per heavy atom. The SMILES string of the molecule is Cc1ccc(-c2nnco2)cc1NCCNC(C)(C)C. The predicted octanol–water partition coefficient (Wildman–Crippen LogP) is 2.85. The lowest BCUT2D eigenvalue weighted by atomic mass is 10.1. The molecule has 1 aromatic carbocycles. The number of nitrogens with zero attached hydrogens (tertiary/aromatic N) is 2. The van der Waals surface area contributed by atoms with Crippen LogP contribution in [0.5, 0.6) is 0 Å². The standard InChI is InChI=1S/C15H22N4O/c1-11-5-6-12(14-19-18-10-20-14)9-13(11)16-7-8-17-15(2,3)4/h5-6,9-10,16-17H,7-8H2,1-4H3. The maximum atomic E-state index is 5.22. The van der Waals surface area contributed by atoms with Gasteiger partial charge >= 0.3 is 0 Å². The first kappa shape index (κ1) is 14.5. The van der Waals surface area contributed by atoms with Gasteiger partial charge in [-0.3, -0.25) is 0 Å². The van der Waals surface area contributed by atoms with Crippen molar-refractivity contribution < 1.29 is 4.42 Å². The summed E-state index contributed by atoms with van der Waals surface area (Å²) in [6.07, 6.45) is 1.34. The fourth-order valence-corrected chi connectivity index (χ4v) is 1.88. The van der Waals surface area contributed by atoms with Crippen LogP contribution in [0.4, 0.5) is 5.69 Å². The van der Waals surface area contributed by atoms with Gasteiger partial charge in [0.15, 0.2) is 0 Å². The molecular formula is C15H22N4O. The second-order valence-electron chi connectivity index (χ2n) is 5.88. The van der Waals surface area contributed by atoms with Gasteiger partial charge in [-0.25, -0.2) is 0 Å². The van der Waals surface area contributed by atoms with Crippen LogP contribution in [-0.2, 0) is 0 Å². The maximum absolute atomic E-state index is 5.22. The number of aryl methyl sites for hydroxylation is 1. The molecule has 0 aliphatic rings. The summed E-state index contributed by atoms with van der Waals surface area (Å²) in [4.78, 5) is 0. The van der Waals surface area contributed by atoms with E-state index in [1.807, 2.05) is 12.1 Å². The molecule has 0 spiro atoms. The Morgan fingerprint density at radius 3 is 2.65 bits per heavy atom. The first-order valence-corrected chi connectivity index (χ1v) is 6.82. The summed E-state index contributed by atoms with van der Waals surface area (Å²) in [6, 6.07) is 6.08. The molecule has 1 aromatic heterocycles. The molecule has 2 rings (SSSR count). The van der Waals surface area contributed by atoms with E-state index in [1.165, 1.54) is 12.0 Å². The fourth-order valence-electron chi connectivity index (χ4n) is 1.88. The van der Waals surface area contributed by atoms with Crippen LogP contribution in [0.1, 0.15) is 26.3 Å². The van der Waals surface area contributed by atoms with Gasteiger partial charge in [-0.15, -0.1) is 10.2 Å². The zero-order chi connectivity index (χ0) is 14.6. The molecule has 5 nitrogen and oxygen atoms in total. The summed E-state index contributed by atoms with van der Waals surface area (Å²) in [6.45, 7) is 10.3. The molecule has 0 atom stereocenters. The van der Waals surface area contributed by atoms with E-state index in [-0.39, 0.29) is 5.54 Å². The number of hydrogen-bond acceptors (Lipinski definition) is 5. The van der Waals surface area contributed by atoms with Gasteiger partial charge in [0.1, 0.15) is 0 Å².